The summed E-state index contributed by atoms with van der Waals surface area (Å²) in [6.07, 6.45) is 0. The molecule has 2 aromatic rings. The van der Waals surface area contributed by atoms with Crippen molar-refractivity contribution in [3.63, 3.8) is 0 Å². The lowest BCUT2D eigenvalue weighted by Gasteiger charge is -2.06. The highest BCUT2D eigenvalue weighted by atomic mass is 32.2. The van der Waals surface area contributed by atoms with Crippen LogP contribution >= 0.6 is 0 Å². The number of phenols is 1. The Morgan fingerprint density at radius 1 is 1.00 bits per heavy atom. The molecule has 0 atom stereocenters. The summed E-state index contributed by atoms with van der Waals surface area (Å²) in [5.74, 6) is -2.82. The number of carbonyl (C=O) groups excluding carboxylic acids is 1. The van der Waals surface area contributed by atoms with Crippen LogP contribution in [0.2, 0.25) is 0 Å². The second kappa shape index (κ2) is 8.38. The van der Waals surface area contributed by atoms with E-state index in [-0.39, 0.29) is 29.1 Å². The first-order chi connectivity index (χ1) is 12.7. The number of rotatable bonds is 7. The van der Waals surface area contributed by atoms with Gasteiger partial charge in [0.2, 0.25) is 0 Å². The van der Waals surface area contributed by atoms with Gasteiger partial charge in [-0.15, -0.1) is 0 Å². The average molecular weight is 393 g/mol. The summed E-state index contributed by atoms with van der Waals surface area (Å²) in [6, 6.07) is 9.50. The molecule has 0 aliphatic carbocycles. The summed E-state index contributed by atoms with van der Waals surface area (Å²) in [6.45, 7) is -0.335. The number of carboxylic acid groups (broad SMARTS) is 1. The molecule has 0 saturated carbocycles. The van der Waals surface area contributed by atoms with Crippen molar-refractivity contribution >= 4 is 33.4 Å². The SMILES string of the molecule is O=C(O)c1ccc(/N=N/c2ccc(O)c(C(=O)NCCS(=O)(=O)O)c2)cc1. The Morgan fingerprint density at radius 3 is 2.19 bits per heavy atom. The normalized spacial score (nSPS) is 11.4. The number of hydrogen-bond acceptors (Lipinski definition) is 7. The van der Waals surface area contributed by atoms with Crippen LogP contribution in [0, 0.1) is 0 Å². The summed E-state index contributed by atoms with van der Waals surface area (Å²) in [4.78, 5) is 22.8. The first-order valence-corrected chi connectivity index (χ1v) is 9.08. The quantitative estimate of drug-likeness (QED) is 0.413. The van der Waals surface area contributed by atoms with E-state index in [0.717, 1.165) is 0 Å². The van der Waals surface area contributed by atoms with E-state index in [0.29, 0.717) is 5.69 Å². The highest BCUT2D eigenvalue weighted by Crippen LogP contribution is 2.25. The van der Waals surface area contributed by atoms with E-state index in [9.17, 15) is 23.1 Å². The molecule has 0 radical (unpaired) electrons. The third-order valence-electron chi connectivity index (χ3n) is 3.27. The first-order valence-electron chi connectivity index (χ1n) is 7.47. The smallest absolute Gasteiger partial charge is 0.335 e. The second-order valence-electron chi connectivity index (χ2n) is 5.30. The average Bonchev–Trinajstić information content (AvgIpc) is 2.60. The highest BCUT2D eigenvalue weighted by molar-refractivity contribution is 7.85. The van der Waals surface area contributed by atoms with Crippen molar-refractivity contribution in [2.45, 2.75) is 0 Å². The Labute approximate surface area is 153 Å². The number of nitrogens with one attached hydrogen (secondary N) is 1. The van der Waals surface area contributed by atoms with Gasteiger partial charge in [0.05, 0.1) is 28.3 Å². The van der Waals surface area contributed by atoms with Crippen LogP contribution in [0.15, 0.2) is 52.7 Å². The zero-order valence-corrected chi connectivity index (χ0v) is 14.5. The van der Waals surface area contributed by atoms with Gasteiger partial charge in [0, 0.05) is 6.54 Å². The number of carboxylic acids is 1. The van der Waals surface area contributed by atoms with Crippen LogP contribution in [0.1, 0.15) is 20.7 Å². The van der Waals surface area contributed by atoms with E-state index >= 15 is 0 Å². The number of carbonyl (C=O) groups is 2. The van der Waals surface area contributed by atoms with Gasteiger partial charge in [-0.25, -0.2) is 4.79 Å². The third-order valence-corrected chi connectivity index (χ3v) is 3.99. The highest BCUT2D eigenvalue weighted by Gasteiger charge is 2.13. The zero-order chi connectivity index (χ0) is 20.0. The van der Waals surface area contributed by atoms with Crippen molar-refractivity contribution in [2.24, 2.45) is 10.2 Å². The molecule has 0 heterocycles. The molecule has 4 N–H and O–H groups in total. The predicted molar refractivity (Wildman–Crippen MR) is 94.4 cm³/mol. The molecule has 0 spiro atoms. The number of hydrogen-bond donors (Lipinski definition) is 4. The maximum atomic E-state index is 12.0. The van der Waals surface area contributed by atoms with Gasteiger partial charge in [-0.05, 0) is 42.5 Å². The van der Waals surface area contributed by atoms with Crippen LogP contribution in [0.3, 0.4) is 0 Å². The fourth-order valence-electron chi connectivity index (χ4n) is 1.94. The van der Waals surface area contributed by atoms with E-state index in [1.54, 1.807) is 0 Å². The number of aromatic carboxylic acids is 1. The minimum absolute atomic E-state index is 0.0995. The van der Waals surface area contributed by atoms with Crippen LogP contribution in [0.4, 0.5) is 11.4 Å². The number of phenolic OH excluding ortho intramolecular Hbond substituents is 1. The van der Waals surface area contributed by atoms with E-state index in [1.807, 2.05) is 0 Å². The van der Waals surface area contributed by atoms with Gasteiger partial charge in [0.15, 0.2) is 0 Å². The summed E-state index contributed by atoms with van der Waals surface area (Å²) >= 11 is 0. The standard InChI is InChI=1S/C16H15N3O7S/c20-14-6-5-12(9-13(14)15(21)17-7-8-27(24,25)26)19-18-11-3-1-10(2-4-11)16(22)23/h1-6,9,20H,7-8H2,(H,17,21)(H,22,23)(H,24,25,26)/b19-18+. The maximum Gasteiger partial charge on any atom is 0.335 e. The van der Waals surface area contributed by atoms with Crippen LogP contribution in [0.25, 0.3) is 0 Å². The lowest BCUT2D eigenvalue weighted by atomic mass is 10.1. The predicted octanol–water partition coefficient (Wildman–Crippen LogP) is 2.12. The minimum atomic E-state index is -4.22. The molecule has 0 aliphatic heterocycles. The number of aromatic hydroxyl groups is 1. The van der Waals surface area contributed by atoms with Crippen molar-refractivity contribution in [2.75, 3.05) is 12.3 Å². The third kappa shape index (κ3) is 6.17. The van der Waals surface area contributed by atoms with E-state index in [1.165, 1.54) is 42.5 Å². The van der Waals surface area contributed by atoms with Crippen molar-refractivity contribution in [1.29, 1.82) is 0 Å². The first kappa shape index (κ1) is 20.0. The summed E-state index contributed by atoms with van der Waals surface area (Å²) in [5, 5.41) is 28.7. The lowest BCUT2D eigenvalue weighted by Crippen LogP contribution is -2.28. The van der Waals surface area contributed by atoms with Gasteiger partial charge in [0.1, 0.15) is 5.75 Å². The van der Waals surface area contributed by atoms with Crippen LogP contribution in [-0.2, 0) is 10.1 Å². The molecule has 2 rings (SSSR count). The van der Waals surface area contributed by atoms with Crippen LogP contribution in [-0.4, -0.2) is 47.4 Å². The Kier molecular flexibility index (Phi) is 6.21. The number of azo groups is 1. The Balaban J connectivity index is 2.11. The van der Waals surface area contributed by atoms with Gasteiger partial charge < -0.3 is 15.5 Å². The topological polar surface area (TPSA) is 166 Å². The summed E-state index contributed by atoms with van der Waals surface area (Å²) in [5.41, 5.74) is 0.563. The molecule has 0 unspecified atom stereocenters. The molecule has 1 amide bonds. The molecule has 0 fully saturated rings. The minimum Gasteiger partial charge on any atom is -0.507 e. The molecule has 0 bridgehead atoms. The van der Waals surface area contributed by atoms with Crippen LogP contribution in [0.5, 0.6) is 5.75 Å². The zero-order valence-electron chi connectivity index (χ0n) is 13.7. The van der Waals surface area contributed by atoms with Gasteiger partial charge >= 0.3 is 5.97 Å². The van der Waals surface area contributed by atoms with E-state index in [4.69, 9.17) is 9.66 Å². The van der Waals surface area contributed by atoms with Gasteiger partial charge in [-0.2, -0.15) is 18.6 Å². The van der Waals surface area contributed by atoms with Crippen molar-refractivity contribution in [3.8, 4) is 5.75 Å². The molecule has 142 valence electrons. The Morgan fingerprint density at radius 2 is 1.59 bits per heavy atom. The summed E-state index contributed by atoms with van der Waals surface area (Å²) in [7, 11) is -4.22. The molecule has 2 aromatic carbocycles. The van der Waals surface area contributed by atoms with Crippen molar-refractivity contribution in [1.82, 2.24) is 5.32 Å². The molecule has 0 saturated heterocycles. The Bertz CT molecular complexity index is 986. The fourth-order valence-corrected chi connectivity index (χ4v) is 2.30. The molecule has 10 nitrogen and oxygen atoms in total. The van der Waals surface area contributed by atoms with E-state index < -0.39 is 27.7 Å². The fraction of sp³-hybridized carbons (Fsp3) is 0.125. The van der Waals surface area contributed by atoms with Crippen molar-refractivity contribution < 1.29 is 32.8 Å². The molecular formula is C16H15N3O7S. The summed E-state index contributed by atoms with van der Waals surface area (Å²) < 4.78 is 29.9. The number of benzene rings is 2. The lowest BCUT2D eigenvalue weighted by molar-refractivity contribution is 0.0696. The van der Waals surface area contributed by atoms with Gasteiger partial charge in [-0.3, -0.25) is 9.35 Å². The van der Waals surface area contributed by atoms with Crippen molar-refractivity contribution in [3.05, 3.63) is 53.6 Å². The van der Waals surface area contributed by atoms with Crippen LogP contribution < -0.4 is 5.32 Å². The molecular weight excluding hydrogens is 378 g/mol. The Hall–Kier alpha value is -3.31. The van der Waals surface area contributed by atoms with Gasteiger partial charge in [-0.1, -0.05) is 0 Å². The molecule has 11 heteroatoms. The van der Waals surface area contributed by atoms with Gasteiger partial charge in [0.25, 0.3) is 16.0 Å². The molecule has 0 aliphatic rings. The number of nitrogens with zero attached hydrogens (tertiary/aromatic N) is 2. The molecule has 27 heavy (non-hydrogen) atoms. The maximum absolute atomic E-state index is 12.0. The second-order valence-corrected chi connectivity index (χ2v) is 6.87. The monoisotopic (exact) mass is 393 g/mol. The largest absolute Gasteiger partial charge is 0.507 e. The molecule has 0 aromatic heterocycles. The van der Waals surface area contributed by atoms with E-state index in [2.05, 4.69) is 15.5 Å². The number of amides is 1.